The zero-order valence-electron chi connectivity index (χ0n) is 10.6. The van der Waals surface area contributed by atoms with Crippen LogP contribution in [0.3, 0.4) is 0 Å². The van der Waals surface area contributed by atoms with Crippen LogP contribution in [0.5, 0.6) is 5.75 Å². The van der Waals surface area contributed by atoms with Crippen molar-refractivity contribution in [2.45, 2.75) is 13.5 Å². The summed E-state index contributed by atoms with van der Waals surface area (Å²) in [6.45, 7) is 2.88. The lowest BCUT2D eigenvalue weighted by Gasteiger charge is -2.07. The summed E-state index contributed by atoms with van der Waals surface area (Å²) in [6, 6.07) is 8.89. The summed E-state index contributed by atoms with van der Waals surface area (Å²) < 4.78 is 10.5. The van der Waals surface area contributed by atoms with E-state index in [0.29, 0.717) is 18.9 Å². The van der Waals surface area contributed by atoms with Crippen LogP contribution < -0.4 is 10.1 Å². The molecule has 0 amide bonds. The molecule has 1 aromatic heterocycles. The molecular weight excluding hydrogens is 246 g/mol. The third kappa shape index (κ3) is 3.28. The third-order valence-corrected chi connectivity index (χ3v) is 2.59. The monoisotopic (exact) mass is 261 g/mol. The van der Waals surface area contributed by atoms with Crippen LogP contribution in [0.15, 0.2) is 41.0 Å². The second kappa shape index (κ2) is 5.95. The molecule has 0 fully saturated rings. The molecule has 0 saturated heterocycles. The van der Waals surface area contributed by atoms with Crippen molar-refractivity contribution in [1.29, 1.82) is 0 Å². The van der Waals surface area contributed by atoms with Crippen LogP contribution in [0.4, 0.5) is 5.69 Å². The Kier molecular flexibility index (Phi) is 4.07. The predicted molar refractivity (Wildman–Crippen MR) is 70.6 cm³/mol. The second-order valence-electron chi connectivity index (χ2n) is 3.87. The largest absolute Gasteiger partial charge is 0.494 e. The van der Waals surface area contributed by atoms with Gasteiger partial charge in [-0.15, -0.1) is 0 Å². The maximum Gasteiger partial charge on any atom is 0.339 e. The Morgan fingerprint density at radius 2 is 2.05 bits per heavy atom. The van der Waals surface area contributed by atoms with Gasteiger partial charge in [0.25, 0.3) is 0 Å². The molecule has 0 aliphatic heterocycles. The van der Waals surface area contributed by atoms with Gasteiger partial charge in [-0.1, -0.05) is 0 Å². The van der Waals surface area contributed by atoms with Crippen LogP contribution in [-0.4, -0.2) is 17.7 Å². The normalized spacial score (nSPS) is 10.2. The molecule has 2 N–H and O–H groups in total. The minimum atomic E-state index is -0.989. The average Bonchev–Trinajstić information content (AvgIpc) is 2.87. The topological polar surface area (TPSA) is 71.7 Å². The van der Waals surface area contributed by atoms with Gasteiger partial charge in [0.1, 0.15) is 17.1 Å². The number of carbonyl (C=O) groups is 1. The number of rotatable bonds is 6. The SMILES string of the molecule is CCOc1ccc(NCc2occc2C(=O)O)cc1. The van der Waals surface area contributed by atoms with Crippen LogP contribution in [0.2, 0.25) is 0 Å². The Balaban J connectivity index is 1.98. The molecule has 2 rings (SSSR count). The molecule has 19 heavy (non-hydrogen) atoms. The van der Waals surface area contributed by atoms with Crippen molar-refractivity contribution in [2.24, 2.45) is 0 Å². The van der Waals surface area contributed by atoms with E-state index in [2.05, 4.69) is 5.32 Å². The third-order valence-electron chi connectivity index (χ3n) is 2.59. The van der Waals surface area contributed by atoms with E-state index < -0.39 is 5.97 Å². The number of hydrogen-bond donors (Lipinski definition) is 2. The average molecular weight is 261 g/mol. The Morgan fingerprint density at radius 1 is 1.32 bits per heavy atom. The van der Waals surface area contributed by atoms with E-state index in [4.69, 9.17) is 14.3 Å². The van der Waals surface area contributed by atoms with Crippen LogP contribution in [0, 0.1) is 0 Å². The molecular formula is C14H15NO4. The van der Waals surface area contributed by atoms with Gasteiger partial charge in [0.05, 0.1) is 19.4 Å². The number of furan rings is 1. The first-order valence-electron chi connectivity index (χ1n) is 5.97. The van der Waals surface area contributed by atoms with Gasteiger partial charge in [0, 0.05) is 5.69 Å². The highest BCUT2D eigenvalue weighted by Gasteiger charge is 2.12. The Labute approximate surface area is 110 Å². The highest BCUT2D eigenvalue weighted by atomic mass is 16.5. The molecule has 0 aliphatic carbocycles. The standard InChI is InChI=1S/C14H15NO4/c1-2-18-11-5-3-10(4-6-11)15-9-13-12(14(16)17)7-8-19-13/h3-8,15H,2,9H2,1H3,(H,16,17). The van der Waals surface area contributed by atoms with E-state index >= 15 is 0 Å². The van der Waals surface area contributed by atoms with Gasteiger partial charge < -0.3 is 19.6 Å². The number of nitrogens with one attached hydrogen (secondary N) is 1. The van der Waals surface area contributed by atoms with Crippen LogP contribution in [0.25, 0.3) is 0 Å². The fourth-order valence-electron chi connectivity index (χ4n) is 1.69. The van der Waals surface area contributed by atoms with Gasteiger partial charge in [0.15, 0.2) is 0 Å². The van der Waals surface area contributed by atoms with E-state index in [-0.39, 0.29) is 5.56 Å². The Hall–Kier alpha value is -2.43. The minimum absolute atomic E-state index is 0.179. The van der Waals surface area contributed by atoms with E-state index in [0.717, 1.165) is 11.4 Å². The van der Waals surface area contributed by atoms with Gasteiger partial charge in [0.2, 0.25) is 0 Å². The van der Waals surface area contributed by atoms with E-state index in [9.17, 15) is 4.79 Å². The first-order valence-corrected chi connectivity index (χ1v) is 5.97. The van der Waals surface area contributed by atoms with Crippen molar-refractivity contribution in [3.05, 3.63) is 47.9 Å². The molecule has 0 saturated carbocycles. The van der Waals surface area contributed by atoms with Gasteiger partial charge >= 0.3 is 5.97 Å². The van der Waals surface area contributed by atoms with Gasteiger partial charge in [-0.05, 0) is 37.3 Å². The minimum Gasteiger partial charge on any atom is -0.494 e. The fraction of sp³-hybridized carbons (Fsp3) is 0.214. The fourth-order valence-corrected chi connectivity index (χ4v) is 1.69. The first-order chi connectivity index (χ1) is 9.20. The zero-order valence-corrected chi connectivity index (χ0v) is 10.6. The summed E-state index contributed by atoms with van der Waals surface area (Å²) in [7, 11) is 0. The smallest absolute Gasteiger partial charge is 0.339 e. The number of benzene rings is 1. The van der Waals surface area contributed by atoms with Crippen molar-refractivity contribution >= 4 is 11.7 Å². The number of hydrogen-bond acceptors (Lipinski definition) is 4. The lowest BCUT2D eigenvalue weighted by atomic mass is 10.2. The molecule has 0 bridgehead atoms. The molecule has 1 aromatic carbocycles. The molecule has 0 atom stereocenters. The Morgan fingerprint density at radius 3 is 2.68 bits per heavy atom. The number of anilines is 1. The van der Waals surface area contributed by atoms with Crippen molar-refractivity contribution < 1.29 is 19.1 Å². The Bertz CT molecular complexity index is 545. The molecule has 0 radical (unpaired) electrons. The molecule has 5 nitrogen and oxygen atoms in total. The highest BCUT2D eigenvalue weighted by Crippen LogP contribution is 2.17. The number of aromatic carboxylic acids is 1. The quantitative estimate of drug-likeness (QED) is 0.836. The molecule has 5 heteroatoms. The summed E-state index contributed by atoms with van der Waals surface area (Å²) in [4.78, 5) is 10.9. The zero-order chi connectivity index (χ0) is 13.7. The second-order valence-corrected chi connectivity index (χ2v) is 3.87. The van der Waals surface area contributed by atoms with E-state index in [1.54, 1.807) is 0 Å². The number of ether oxygens (including phenoxy) is 1. The molecule has 0 unspecified atom stereocenters. The summed E-state index contributed by atoms with van der Waals surface area (Å²) in [5.41, 5.74) is 1.05. The number of carboxylic acid groups (broad SMARTS) is 1. The van der Waals surface area contributed by atoms with Crippen molar-refractivity contribution in [3.8, 4) is 5.75 Å². The molecule has 1 heterocycles. The lowest BCUT2D eigenvalue weighted by molar-refractivity contribution is 0.0694. The maximum atomic E-state index is 10.9. The lowest BCUT2D eigenvalue weighted by Crippen LogP contribution is -2.04. The summed E-state index contributed by atoms with van der Waals surface area (Å²) in [5, 5.41) is 12.0. The van der Waals surface area contributed by atoms with Crippen molar-refractivity contribution in [2.75, 3.05) is 11.9 Å². The van der Waals surface area contributed by atoms with Gasteiger partial charge in [-0.25, -0.2) is 4.79 Å². The predicted octanol–water partition coefficient (Wildman–Crippen LogP) is 2.99. The number of carboxylic acids is 1. The van der Waals surface area contributed by atoms with Gasteiger partial charge in [-0.3, -0.25) is 0 Å². The van der Waals surface area contributed by atoms with Crippen molar-refractivity contribution in [3.63, 3.8) is 0 Å². The summed E-state index contributed by atoms with van der Waals surface area (Å²) in [6.07, 6.45) is 1.37. The first kappa shape index (κ1) is 13.0. The summed E-state index contributed by atoms with van der Waals surface area (Å²) >= 11 is 0. The molecule has 100 valence electrons. The molecule has 2 aromatic rings. The van der Waals surface area contributed by atoms with Crippen LogP contribution >= 0.6 is 0 Å². The van der Waals surface area contributed by atoms with E-state index in [1.165, 1.54) is 12.3 Å². The van der Waals surface area contributed by atoms with Gasteiger partial charge in [-0.2, -0.15) is 0 Å². The van der Waals surface area contributed by atoms with E-state index in [1.807, 2.05) is 31.2 Å². The molecule has 0 aliphatic rings. The van der Waals surface area contributed by atoms with Crippen LogP contribution in [0.1, 0.15) is 23.0 Å². The van der Waals surface area contributed by atoms with Crippen molar-refractivity contribution in [1.82, 2.24) is 0 Å². The van der Waals surface area contributed by atoms with Crippen LogP contribution in [-0.2, 0) is 6.54 Å². The summed E-state index contributed by atoms with van der Waals surface area (Å²) in [5.74, 6) is 0.218. The molecule has 0 spiro atoms. The maximum absolute atomic E-state index is 10.9. The highest BCUT2D eigenvalue weighted by molar-refractivity contribution is 5.88.